The number of esters is 2. The lowest BCUT2D eigenvalue weighted by Crippen LogP contribution is -2.33. The Morgan fingerprint density at radius 1 is 0.385 bits per heavy atom. The van der Waals surface area contributed by atoms with Gasteiger partial charge in [-0.2, -0.15) is 0 Å². The highest BCUT2D eigenvalue weighted by Crippen LogP contribution is 2.60. The minimum atomic E-state index is -1.13. The third-order valence-corrected chi connectivity index (χ3v) is 16.0. The molecule has 2 N–H and O–H groups in total. The molecule has 0 fully saturated rings. The van der Waals surface area contributed by atoms with Gasteiger partial charge in [-0.3, -0.25) is 0 Å². The number of rotatable bonds is 8. The minimum Gasteiger partial charge on any atom is -0.508 e. The molecule has 14 rings (SSSR count). The van der Waals surface area contributed by atoms with E-state index in [1.165, 1.54) is 0 Å². The molecule has 0 bridgehead atoms. The van der Waals surface area contributed by atoms with Crippen molar-refractivity contribution < 1.29 is 38.7 Å². The van der Waals surface area contributed by atoms with Crippen molar-refractivity contribution in [1.29, 1.82) is 0 Å². The van der Waals surface area contributed by atoms with Crippen LogP contribution in [-0.2, 0) is 20.7 Å². The number of hydrogen-bond donors (Lipinski definition) is 2. The van der Waals surface area contributed by atoms with E-state index in [2.05, 4.69) is 86.0 Å². The highest BCUT2D eigenvalue weighted by Gasteiger charge is 2.56. The number of anilines is 2. The van der Waals surface area contributed by atoms with Gasteiger partial charge in [0, 0.05) is 71.9 Å². The lowest BCUT2D eigenvalue weighted by atomic mass is 9.75. The summed E-state index contributed by atoms with van der Waals surface area (Å²) in [5, 5.41) is 23.9. The number of aromatic hydroxyl groups is 2. The molecule has 4 aliphatic rings. The van der Waals surface area contributed by atoms with E-state index in [4.69, 9.17) is 18.9 Å². The largest absolute Gasteiger partial charge is 0.508 e. The van der Waals surface area contributed by atoms with Gasteiger partial charge in [0.2, 0.25) is 0 Å². The maximum absolute atomic E-state index is 13.3. The summed E-state index contributed by atoms with van der Waals surface area (Å²) in [4.78, 5) is 31.2. The summed E-state index contributed by atoms with van der Waals surface area (Å²) in [5.41, 5.74) is 9.72. The number of carbonyl (C=O) groups is 2. The summed E-state index contributed by atoms with van der Waals surface area (Å²) >= 11 is 0. The Labute approximate surface area is 451 Å². The summed E-state index contributed by atoms with van der Waals surface area (Å²) < 4.78 is 26.0. The molecule has 0 aliphatic carbocycles. The third-order valence-electron chi connectivity index (χ3n) is 16.0. The zero-order valence-corrected chi connectivity index (χ0v) is 43.5. The maximum atomic E-state index is 13.3. The molecule has 78 heavy (non-hydrogen) atoms. The van der Waals surface area contributed by atoms with E-state index in [0.717, 1.165) is 115 Å². The van der Waals surface area contributed by atoms with Gasteiger partial charge in [-0.05, 0) is 156 Å². The molecule has 0 amide bonds. The first-order valence-corrected chi connectivity index (χ1v) is 26.6. The van der Waals surface area contributed by atoms with Crippen molar-refractivity contribution >= 4 is 44.9 Å². The molecule has 4 aliphatic heterocycles. The number of ether oxygens (including phenoxy) is 4. The monoisotopic (exact) mass is 1030 g/mol. The number of benzene rings is 10. The summed E-state index contributed by atoms with van der Waals surface area (Å²) in [6, 6.07) is 62.5. The molecule has 384 valence electrons. The van der Waals surface area contributed by atoms with E-state index in [-0.39, 0.29) is 23.4 Å². The average Bonchev–Trinajstić information content (AvgIpc) is 4.14. The Hall–Kier alpha value is -9.54. The van der Waals surface area contributed by atoms with Crippen molar-refractivity contribution in [3.8, 4) is 56.8 Å². The molecule has 4 heterocycles. The van der Waals surface area contributed by atoms with Gasteiger partial charge in [-0.25, -0.2) is 9.59 Å². The zero-order valence-electron chi connectivity index (χ0n) is 43.5. The standard InChI is InChI=1S/2C34H27NO4/c2*1-3-35(4-2)24-14-16-29-31(20-24)38-30-17-13-23-18-22(21-8-7-9-25(36)19-21)12-15-26(23)32(30)34(29)28-11-6-5-10-27(28)33(37)39-34/h2*5-20,36H,3-4H2,1-2H3/t2*34-/m11/s1. The Balaban J connectivity index is 0.000000148. The fourth-order valence-corrected chi connectivity index (χ4v) is 12.3. The van der Waals surface area contributed by atoms with E-state index in [9.17, 15) is 19.8 Å². The van der Waals surface area contributed by atoms with Crippen LogP contribution in [-0.4, -0.2) is 48.3 Å². The quantitative estimate of drug-likeness (QED) is 0.142. The van der Waals surface area contributed by atoms with Crippen LogP contribution in [0.25, 0.3) is 43.8 Å². The van der Waals surface area contributed by atoms with Crippen molar-refractivity contribution in [3.05, 3.63) is 239 Å². The molecule has 0 saturated heterocycles. The average molecular weight is 1030 g/mol. The van der Waals surface area contributed by atoms with Gasteiger partial charge >= 0.3 is 11.9 Å². The van der Waals surface area contributed by atoms with Crippen LogP contribution in [0.15, 0.2) is 194 Å². The van der Waals surface area contributed by atoms with Crippen molar-refractivity contribution in [1.82, 2.24) is 0 Å². The lowest BCUT2D eigenvalue weighted by Gasteiger charge is -2.38. The number of phenolic OH excluding ortho intramolecular Hbond substituents is 2. The maximum Gasteiger partial charge on any atom is 0.340 e. The van der Waals surface area contributed by atoms with Crippen LogP contribution in [0.4, 0.5) is 11.4 Å². The van der Waals surface area contributed by atoms with Crippen LogP contribution in [0.3, 0.4) is 0 Å². The third kappa shape index (κ3) is 7.38. The normalized spacial score (nSPS) is 16.8. The number of carbonyl (C=O) groups excluding carboxylic acids is 2. The smallest absolute Gasteiger partial charge is 0.340 e. The lowest BCUT2D eigenvalue weighted by molar-refractivity contribution is 0.0219. The second kappa shape index (κ2) is 18.6. The molecule has 2 atom stereocenters. The van der Waals surface area contributed by atoms with Crippen LogP contribution in [0.5, 0.6) is 34.5 Å². The Morgan fingerprint density at radius 3 is 1.21 bits per heavy atom. The topological polar surface area (TPSA) is 118 Å². The molecule has 10 aromatic carbocycles. The van der Waals surface area contributed by atoms with Crippen LogP contribution in [0.1, 0.15) is 81.8 Å². The number of nitrogens with zero attached hydrogens (tertiary/aromatic N) is 2. The molecular weight excluding hydrogens is 973 g/mol. The predicted octanol–water partition coefficient (Wildman–Crippen LogP) is 15.3. The molecule has 10 heteroatoms. The van der Waals surface area contributed by atoms with E-state index in [1.54, 1.807) is 24.3 Å². The van der Waals surface area contributed by atoms with Gasteiger partial charge in [-0.15, -0.1) is 0 Å². The van der Waals surface area contributed by atoms with Crippen molar-refractivity contribution in [3.63, 3.8) is 0 Å². The van der Waals surface area contributed by atoms with Gasteiger partial charge in [-0.1, -0.05) is 97.1 Å². The number of hydrogen-bond acceptors (Lipinski definition) is 10. The van der Waals surface area contributed by atoms with E-state index in [1.807, 2.05) is 121 Å². The first-order valence-electron chi connectivity index (χ1n) is 26.6. The van der Waals surface area contributed by atoms with Gasteiger partial charge in [0.1, 0.15) is 34.5 Å². The first-order chi connectivity index (χ1) is 38.1. The summed E-state index contributed by atoms with van der Waals surface area (Å²) in [7, 11) is 0. The molecule has 10 aromatic rings. The van der Waals surface area contributed by atoms with Crippen LogP contribution >= 0.6 is 0 Å². The highest BCUT2D eigenvalue weighted by molar-refractivity contribution is 6.02. The summed E-state index contributed by atoms with van der Waals surface area (Å²) in [6.45, 7) is 12.0. The summed E-state index contributed by atoms with van der Waals surface area (Å²) in [5.74, 6) is 2.47. The van der Waals surface area contributed by atoms with Crippen LogP contribution in [0.2, 0.25) is 0 Å². The summed E-state index contributed by atoms with van der Waals surface area (Å²) in [6.07, 6.45) is 0. The van der Waals surface area contributed by atoms with Gasteiger partial charge in [0.05, 0.1) is 22.3 Å². The fraction of sp³-hybridized carbons (Fsp3) is 0.147. The van der Waals surface area contributed by atoms with Crippen LogP contribution in [0, 0.1) is 0 Å². The zero-order chi connectivity index (χ0) is 53.5. The molecule has 0 radical (unpaired) electrons. The predicted molar refractivity (Wildman–Crippen MR) is 306 cm³/mol. The Morgan fingerprint density at radius 2 is 0.795 bits per heavy atom. The number of phenols is 2. The van der Waals surface area contributed by atoms with E-state index < -0.39 is 11.2 Å². The van der Waals surface area contributed by atoms with Gasteiger partial charge < -0.3 is 39.0 Å². The molecule has 0 unspecified atom stereocenters. The fourth-order valence-electron chi connectivity index (χ4n) is 12.3. The van der Waals surface area contributed by atoms with Crippen LogP contribution < -0.4 is 19.3 Å². The second-order valence-corrected chi connectivity index (χ2v) is 20.0. The Kier molecular flexibility index (Phi) is 11.5. The van der Waals surface area contributed by atoms with Gasteiger partial charge in [0.25, 0.3) is 0 Å². The van der Waals surface area contributed by atoms with E-state index in [0.29, 0.717) is 34.1 Å². The SMILES string of the molecule is CCN(CC)c1ccc2c(c1)Oc1ccc3cc(-c4cccc(O)c4)ccc3c1[C@]21OC(=O)c2ccccc21.CCN(CC)c1ccc2c(c1)Oc1ccc3cc(-c4cccc(O)c4)ccc3c1[C@]21OC(=O)c2ccccc21. The second-order valence-electron chi connectivity index (χ2n) is 20.0. The molecule has 0 aromatic heterocycles. The van der Waals surface area contributed by atoms with Crippen molar-refractivity contribution in [2.24, 2.45) is 0 Å². The van der Waals surface area contributed by atoms with Gasteiger partial charge in [0.15, 0.2) is 11.2 Å². The van der Waals surface area contributed by atoms with Crippen molar-refractivity contribution in [2.75, 3.05) is 36.0 Å². The van der Waals surface area contributed by atoms with E-state index >= 15 is 0 Å². The molecular formula is C68H54N2O8. The highest BCUT2D eigenvalue weighted by atomic mass is 16.6. The Bertz CT molecular complexity index is 3840. The number of fused-ring (bicyclic) bond motifs is 16. The minimum absolute atomic E-state index is 0.223. The molecule has 0 saturated carbocycles. The van der Waals surface area contributed by atoms with Crippen molar-refractivity contribution in [2.45, 2.75) is 38.9 Å². The first kappa shape index (κ1) is 48.1. The molecule has 2 spiro atoms. The molecule has 10 nitrogen and oxygen atoms in total.